The van der Waals surface area contributed by atoms with Crippen LogP contribution < -0.4 is 26.6 Å². The van der Waals surface area contributed by atoms with Gasteiger partial charge in [0.2, 0.25) is 5.91 Å². The molecule has 6 fully saturated rings. The number of nitrogens with one attached hydrogen (secondary N) is 5. The lowest BCUT2D eigenvalue weighted by Gasteiger charge is -2.42. The van der Waals surface area contributed by atoms with Crippen molar-refractivity contribution in [1.29, 1.82) is 0 Å². The summed E-state index contributed by atoms with van der Waals surface area (Å²) in [4.78, 5) is 137. The number of piperidine rings is 1. The summed E-state index contributed by atoms with van der Waals surface area (Å²) >= 11 is 0. The van der Waals surface area contributed by atoms with Gasteiger partial charge in [0.1, 0.15) is 58.7 Å². The van der Waals surface area contributed by atoms with Gasteiger partial charge in [0.15, 0.2) is 0 Å². The maximum Gasteiger partial charge on any atom is 0.408 e. The number of hydrogen-bond acceptors (Lipinski definition) is 22. The Morgan fingerprint density at radius 1 is 0.496 bits per heavy atom. The molecule has 6 aliphatic heterocycles. The van der Waals surface area contributed by atoms with E-state index in [1.807, 2.05) is 111 Å². The number of aliphatic hydroxyl groups is 1. The van der Waals surface area contributed by atoms with Crippen LogP contribution in [0.1, 0.15) is 317 Å². The molecule has 0 saturated carbocycles. The van der Waals surface area contributed by atoms with Gasteiger partial charge < -0.3 is 88.9 Å². The van der Waals surface area contributed by atoms with E-state index in [-0.39, 0.29) is 96.6 Å². The van der Waals surface area contributed by atoms with E-state index in [9.17, 15) is 57.8 Å². The molecular formula is C93H165N7O21. The number of ether oxygens (including phenoxy) is 9. The molecule has 6 rings (SSSR count). The molecule has 0 spiro atoms. The summed E-state index contributed by atoms with van der Waals surface area (Å²) < 4.78 is 48.3. The third kappa shape index (κ3) is 42.3. The van der Waals surface area contributed by atoms with Crippen LogP contribution in [0.15, 0.2) is 25.3 Å². The molecule has 6 saturated heterocycles. The van der Waals surface area contributed by atoms with Crippen LogP contribution in [0.3, 0.4) is 0 Å². The highest BCUT2D eigenvalue weighted by Crippen LogP contribution is 2.43. The quantitative estimate of drug-likeness (QED) is 0.0162. The molecule has 16 atom stereocenters. The Labute approximate surface area is 727 Å². The molecule has 6 unspecified atom stereocenters. The van der Waals surface area contributed by atoms with Gasteiger partial charge in [0, 0.05) is 57.9 Å². The van der Waals surface area contributed by atoms with Gasteiger partial charge in [-0.3, -0.25) is 24.0 Å². The molecule has 0 bridgehead atoms. The topological polar surface area (TPSA) is 358 Å². The minimum atomic E-state index is -0.813. The lowest BCUT2D eigenvalue weighted by Crippen LogP contribution is -2.53. The number of nitrogens with zero attached hydrogens (tertiary/aromatic N) is 2. The highest BCUT2D eigenvalue weighted by molar-refractivity contribution is 5.85. The summed E-state index contributed by atoms with van der Waals surface area (Å²) in [7, 11) is 0. The number of aldehydes is 1. The molecule has 698 valence electrons. The van der Waals surface area contributed by atoms with E-state index < -0.39 is 93.0 Å². The predicted molar refractivity (Wildman–Crippen MR) is 470 cm³/mol. The fourth-order valence-corrected chi connectivity index (χ4v) is 15.9. The van der Waals surface area contributed by atoms with Crippen molar-refractivity contribution in [2.45, 2.75) is 412 Å². The highest BCUT2D eigenvalue weighted by atomic mass is 16.6. The van der Waals surface area contributed by atoms with Gasteiger partial charge in [-0.15, -0.1) is 13.2 Å². The van der Waals surface area contributed by atoms with Crippen molar-refractivity contribution < 1.29 is 100 Å². The van der Waals surface area contributed by atoms with Crippen molar-refractivity contribution in [3.63, 3.8) is 0 Å². The summed E-state index contributed by atoms with van der Waals surface area (Å²) in [6.45, 7) is 71.4. The Bertz CT molecular complexity index is 3240. The van der Waals surface area contributed by atoms with Crippen LogP contribution >= 0.6 is 0 Å². The number of carbonyl (C=O) groups excluding carboxylic acids is 11. The van der Waals surface area contributed by atoms with Crippen molar-refractivity contribution in [3.8, 4) is 0 Å². The molecule has 6 N–H and O–H groups in total. The fourth-order valence-electron chi connectivity index (χ4n) is 15.9. The summed E-state index contributed by atoms with van der Waals surface area (Å²) in [6.07, 6.45) is 9.24. The monoisotopic (exact) mass is 1720 g/mol. The fraction of sp³-hybridized carbons (Fsp3) is 0.839. The minimum absolute atomic E-state index is 0.128. The van der Waals surface area contributed by atoms with Gasteiger partial charge >= 0.3 is 54.3 Å². The highest BCUT2D eigenvalue weighted by Gasteiger charge is 2.52. The maximum atomic E-state index is 13.6. The largest absolute Gasteiger partial charge is 0.460 e. The Balaban J connectivity index is 0.000000521. The van der Waals surface area contributed by atoms with Gasteiger partial charge in [-0.05, 0) is 236 Å². The molecule has 0 aromatic heterocycles. The second-order valence-corrected chi connectivity index (χ2v) is 42.9. The first-order chi connectivity index (χ1) is 55.3. The van der Waals surface area contributed by atoms with E-state index in [0.29, 0.717) is 99.7 Å². The number of rotatable bonds is 31. The molecule has 28 heteroatoms. The number of cyclic esters (lactones) is 4. The van der Waals surface area contributed by atoms with Crippen molar-refractivity contribution in [2.24, 2.45) is 63.6 Å². The van der Waals surface area contributed by atoms with Crippen molar-refractivity contribution >= 4 is 66.5 Å². The second kappa shape index (κ2) is 48.3. The Morgan fingerprint density at radius 2 is 0.876 bits per heavy atom. The smallest absolute Gasteiger partial charge is 0.408 e. The summed E-state index contributed by atoms with van der Waals surface area (Å²) in [6, 6.07) is -1.21. The number of esters is 4. The molecule has 6 amide bonds. The summed E-state index contributed by atoms with van der Waals surface area (Å²) in [5.74, 6) is 1.91. The van der Waals surface area contributed by atoms with Gasteiger partial charge in [0.05, 0.1) is 58.5 Å². The zero-order valence-electron chi connectivity index (χ0n) is 80.3. The molecule has 0 aliphatic carbocycles. The molecule has 121 heavy (non-hydrogen) atoms. The normalized spacial score (nSPS) is 25.4. The number of aliphatic hydroxyl groups excluding tert-OH is 1. The van der Waals surface area contributed by atoms with E-state index in [1.165, 1.54) is 0 Å². The molecule has 0 aromatic carbocycles. The van der Waals surface area contributed by atoms with Gasteiger partial charge in [-0.1, -0.05) is 109 Å². The molecule has 6 heterocycles. The lowest BCUT2D eigenvalue weighted by atomic mass is 9.80. The van der Waals surface area contributed by atoms with E-state index in [2.05, 4.69) is 126 Å². The van der Waals surface area contributed by atoms with Crippen LogP contribution in [0.25, 0.3) is 0 Å². The first-order valence-corrected chi connectivity index (χ1v) is 44.5. The van der Waals surface area contributed by atoms with E-state index in [0.717, 1.165) is 64.6 Å². The van der Waals surface area contributed by atoms with Crippen LogP contribution in [0.2, 0.25) is 0 Å². The van der Waals surface area contributed by atoms with Crippen molar-refractivity contribution in [1.82, 2.24) is 36.4 Å². The standard InChI is InChI=1S/C27H51N3O4.C18H31NO4.C17H29NO5.C17H29NO4.C14H25NO4/c1-18(2)12-22(28-25(33)34-26(6,7)8)23(31)14-27(9)10-11-30(24(27)32)21-13-20(5)16-29(17-21)15-19(3)4;1-8-9-18(7)11-14(22-15(18)20)13(10-12(2)3)19-16(21)23-17(4,5)6;1-11(2)9-12(18-15(21)23-16(3,4)5)13-10-17(6,7-8-19)14(20)22-13;1-7-8-12-10-14(21-15(12)19)13(9-11(2)3)18-16(20)22-17(4,5)6;1-9(2)8-10(11-6-7-12(16)18-11)15-13(17)19-14(3,4)5/h18-23,31H,10-17H2,1-9H3,(H,28,33);8,12-14H,1,9-11H2,2-7H3,(H,19,21);8,11-13H,7,9-10H2,1-6H3,(H,18,21);7,11-14H,1,8-10H2,2-6H3,(H,18,20);9-11H,6-8H2,1-5H3,(H,15,17)/t20?,21-,22?,23-,27-;13?,14-,18-;12?,13-,17-;12-,13?,14+;10?,11-/m00010/s1. The van der Waals surface area contributed by atoms with Gasteiger partial charge in [-0.2, -0.15) is 0 Å². The van der Waals surface area contributed by atoms with Crippen LogP contribution in [0.4, 0.5) is 24.0 Å². The molecule has 0 radical (unpaired) electrons. The first-order valence-electron chi connectivity index (χ1n) is 44.5. The van der Waals surface area contributed by atoms with E-state index >= 15 is 0 Å². The zero-order valence-corrected chi connectivity index (χ0v) is 80.3. The Hall–Kier alpha value is -7.23. The molecule has 0 aromatic rings. The Morgan fingerprint density at radius 3 is 1.22 bits per heavy atom. The number of hydrogen-bond donors (Lipinski definition) is 6. The zero-order chi connectivity index (χ0) is 93.1. The van der Waals surface area contributed by atoms with Crippen molar-refractivity contribution in [3.05, 3.63) is 25.3 Å². The van der Waals surface area contributed by atoms with E-state index in [4.69, 9.17) is 42.6 Å². The maximum absolute atomic E-state index is 13.6. The average Bonchev–Trinajstić information content (AvgIpc) is 1.32. The predicted octanol–water partition coefficient (Wildman–Crippen LogP) is 17.0. The van der Waals surface area contributed by atoms with Crippen LogP contribution in [-0.4, -0.2) is 202 Å². The van der Waals surface area contributed by atoms with Crippen molar-refractivity contribution in [2.75, 3.05) is 26.2 Å². The van der Waals surface area contributed by atoms with Crippen LogP contribution in [0, 0.1) is 63.6 Å². The van der Waals surface area contributed by atoms with Gasteiger partial charge in [0.25, 0.3) is 0 Å². The molecular weight excluding hydrogens is 1550 g/mol. The third-order valence-electron chi connectivity index (χ3n) is 20.9. The average molecular weight is 1720 g/mol. The second-order valence-electron chi connectivity index (χ2n) is 42.9. The first kappa shape index (κ1) is 110. The minimum Gasteiger partial charge on any atom is -0.460 e. The number of alkyl carbamates (subject to hydrolysis) is 5. The number of carbonyl (C=O) groups is 11. The number of allylic oxidation sites excluding steroid dienone is 2. The SMILES string of the molecule is C=CC[C@@H]1C[C@@H](C(CC(C)C)NC(=O)OC(C)(C)C)OC1=O.C=CC[C@@]1(C)C[C@@H](C(CC(C)C)NC(=O)OC(C)(C)C)OC1=O.CC(C)CC(NC(=O)OC(C)(C)C)[C@@H](O)C[C@]1(C)CCN([C@H]2CC(C)CN(CC(C)C)C2)C1=O.CC(C)CC(NC(=O)OC(C)(C)C)[C@@H]1CCC(=O)O1.CC(C)CC(NC(=O)OC(C)(C)C)[C@@H]1C[C@](C)(CC=O)C(=O)O1. The van der Waals surface area contributed by atoms with Crippen LogP contribution in [-0.2, 0) is 71.4 Å². The van der Waals surface area contributed by atoms with Crippen LogP contribution in [0.5, 0.6) is 0 Å². The lowest BCUT2D eigenvalue weighted by molar-refractivity contribution is -0.150. The molecule has 6 aliphatic rings. The van der Waals surface area contributed by atoms with Gasteiger partial charge in [-0.25, -0.2) is 24.0 Å². The van der Waals surface area contributed by atoms with E-state index in [1.54, 1.807) is 39.8 Å². The number of likely N-dealkylation sites (tertiary alicyclic amines) is 2. The third-order valence-corrected chi connectivity index (χ3v) is 20.9. The summed E-state index contributed by atoms with van der Waals surface area (Å²) in [5, 5.41) is 25.4. The Kier molecular flexibility index (Phi) is 43.9. The summed E-state index contributed by atoms with van der Waals surface area (Å²) in [5.41, 5.74) is -4.82. The number of amides is 6. The molecule has 28 nitrogen and oxygen atoms in total.